The average Bonchev–Trinajstić information content (AvgIpc) is 2.47. The predicted molar refractivity (Wildman–Crippen MR) is 77.9 cm³/mol. The Bertz CT molecular complexity index is 649. The molecule has 2 rings (SSSR count). The maximum Gasteiger partial charge on any atom is 0.387 e. The summed E-state index contributed by atoms with van der Waals surface area (Å²) in [6.45, 7) is 0.865. The lowest BCUT2D eigenvalue weighted by molar-refractivity contribution is -0.0498. The van der Waals surface area contributed by atoms with Crippen LogP contribution in [0.15, 0.2) is 55.1 Å². The third-order valence-corrected chi connectivity index (χ3v) is 3.06. The highest BCUT2D eigenvalue weighted by Crippen LogP contribution is 2.22. The van der Waals surface area contributed by atoms with Gasteiger partial charge in [-0.3, -0.25) is 4.79 Å². The summed E-state index contributed by atoms with van der Waals surface area (Å²) in [5, 5.41) is 0.562. The minimum absolute atomic E-state index is 0.00125. The van der Waals surface area contributed by atoms with Crippen LogP contribution < -0.4 is 4.74 Å². The standard InChI is InChI=1S/C16H11ClF2O2/c1-10(11-2-6-13(17)7-3-11)15(20)12-4-8-14(9-5-12)21-16(18)19/h2-9,16H,1H2. The van der Waals surface area contributed by atoms with E-state index in [4.69, 9.17) is 11.6 Å². The van der Waals surface area contributed by atoms with Gasteiger partial charge in [0.2, 0.25) is 0 Å². The second-order valence-corrected chi connectivity index (χ2v) is 4.65. The lowest BCUT2D eigenvalue weighted by Crippen LogP contribution is -2.04. The first-order valence-electron chi connectivity index (χ1n) is 6.02. The van der Waals surface area contributed by atoms with Crippen molar-refractivity contribution >= 4 is 23.0 Å². The van der Waals surface area contributed by atoms with E-state index < -0.39 is 6.61 Å². The minimum atomic E-state index is -2.89. The Labute approximate surface area is 125 Å². The van der Waals surface area contributed by atoms with Gasteiger partial charge in [0, 0.05) is 16.2 Å². The molecule has 0 heterocycles. The highest BCUT2D eigenvalue weighted by Gasteiger charge is 2.13. The van der Waals surface area contributed by atoms with E-state index >= 15 is 0 Å². The number of ether oxygens (including phenoxy) is 1. The maximum absolute atomic E-state index is 12.2. The summed E-state index contributed by atoms with van der Waals surface area (Å²) in [4.78, 5) is 12.2. The van der Waals surface area contributed by atoms with E-state index in [-0.39, 0.29) is 11.5 Å². The fourth-order valence-electron chi connectivity index (χ4n) is 1.74. The van der Waals surface area contributed by atoms with Gasteiger partial charge < -0.3 is 4.74 Å². The molecule has 0 bridgehead atoms. The molecule has 2 aromatic carbocycles. The zero-order valence-electron chi connectivity index (χ0n) is 10.9. The van der Waals surface area contributed by atoms with E-state index in [1.54, 1.807) is 24.3 Å². The van der Waals surface area contributed by atoms with Crippen LogP contribution in [0.3, 0.4) is 0 Å². The van der Waals surface area contributed by atoms with Crippen molar-refractivity contribution in [3.05, 3.63) is 71.3 Å². The van der Waals surface area contributed by atoms with Crippen molar-refractivity contribution in [1.29, 1.82) is 0 Å². The molecule has 0 spiro atoms. The van der Waals surface area contributed by atoms with Crippen LogP contribution in [0.1, 0.15) is 15.9 Å². The van der Waals surface area contributed by atoms with E-state index in [9.17, 15) is 13.6 Å². The Morgan fingerprint density at radius 3 is 2.05 bits per heavy atom. The third-order valence-electron chi connectivity index (χ3n) is 2.81. The number of halogens is 3. The SMILES string of the molecule is C=C(C(=O)c1ccc(OC(F)F)cc1)c1ccc(Cl)cc1. The molecule has 0 aliphatic rings. The number of carbonyl (C=O) groups excluding carboxylic acids is 1. The fourth-order valence-corrected chi connectivity index (χ4v) is 1.87. The number of Topliss-reactive ketones (excluding diaryl/α,β-unsaturated/α-hetero) is 1. The Kier molecular flexibility index (Phi) is 4.70. The summed E-state index contributed by atoms with van der Waals surface area (Å²) in [7, 11) is 0. The Morgan fingerprint density at radius 2 is 1.52 bits per heavy atom. The molecule has 0 radical (unpaired) electrons. The summed E-state index contributed by atoms with van der Waals surface area (Å²) in [5.74, 6) is -0.292. The first-order chi connectivity index (χ1) is 9.97. The molecule has 0 unspecified atom stereocenters. The van der Waals surface area contributed by atoms with Gasteiger partial charge in [0.05, 0.1) is 0 Å². The molecule has 2 aromatic rings. The number of hydrogen-bond donors (Lipinski definition) is 0. The number of carbonyl (C=O) groups is 1. The summed E-state index contributed by atoms with van der Waals surface area (Å²) in [5.41, 5.74) is 1.29. The van der Waals surface area contributed by atoms with Crippen molar-refractivity contribution in [2.24, 2.45) is 0 Å². The van der Waals surface area contributed by atoms with E-state index in [1.165, 1.54) is 24.3 Å². The molecular formula is C16H11ClF2O2. The van der Waals surface area contributed by atoms with Gasteiger partial charge in [-0.2, -0.15) is 8.78 Å². The van der Waals surface area contributed by atoms with Gasteiger partial charge in [-0.05, 0) is 42.0 Å². The molecule has 0 aliphatic heterocycles. The van der Waals surface area contributed by atoms with Crippen molar-refractivity contribution in [3.63, 3.8) is 0 Å². The lowest BCUT2D eigenvalue weighted by atomic mass is 9.98. The highest BCUT2D eigenvalue weighted by molar-refractivity contribution is 6.31. The zero-order valence-corrected chi connectivity index (χ0v) is 11.6. The van der Waals surface area contributed by atoms with Crippen LogP contribution in [0.5, 0.6) is 5.75 Å². The molecule has 0 fully saturated rings. The molecule has 0 aliphatic carbocycles. The van der Waals surface area contributed by atoms with Gasteiger partial charge in [-0.25, -0.2) is 0 Å². The molecule has 0 aromatic heterocycles. The zero-order chi connectivity index (χ0) is 15.4. The smallest absolute Gasteiger partial charge is 0.387 e. The molecule has 5 heteroatoms. The van der Waals surface area contributed by atoms with Gasteiger partial charge in [0.1, 0.15) is 5.75 Å². The number of benzene rings is 2. The Balaban J connectivity index is 2.15. The van der Waals surface area contributed by atoms with Crippen LogP contribution in [0, 0.1) is 0 Å². The topological polar surface area (TPSA) is 26.3 Å². The first-order valence-corrected chi connectivity index (χ1v) is 6.39. The van der Waals surface area contributed by atoms with Gasteiger partial charge >= 0.3 is 6.61 Å². The molecule has 2 nitrogen and oxygen atoms in total. The van der Waals surface area contributed by atoms with E-state index in [2.05, 4.69) is 11.3 Å². The van der Waals surface area contributed by atoms with Crippen LogP contribution in [-0.2, 0) is 0 Å². The van der Waals surface area contributed by atoms with Crippen molar-refractivity contribution in [1.82, 2.24) is 0 Å². The number of alkyl halides is 2. The lowest BCUT2D eigenvalue weighted by Gasteiger charge is -2.07. The summed E-state index contributed by atoms with van der Waals surface area (Å²) >= 11 is 5.78. The fraction of sp³-hybridized carbons (Fsp3) is 0.0625. The monoisotopic (exact) mass is 308 g/mol. The van der Waals surface area contributed by atoms with Gasteiger partial charge in [0.25, 0.3) is 0 Å². The number of rotatable bonds is 5. The van der Waals surface area contributed by atoms with Crippen molar-refractivity contribution < 1.29 is 18.3 Å². The molecule has 0 saturated heterocycles. The molecule has 0 atom stereocenters. The number of allylic oxidation sites excluding steroid dienone is 1. The number of hydrogen-bond acceptors (Lipinski definition) is 2. The predicted octanol–water partition coefficient (Wildman–Crippen LogP) is 4.84. The second-order valence-electron chi connectivity index (χ2n) is 4.22. The van der Waals surface area contributed by atoms with Crippen LogP contribution in [0.2, 0.25) is 5.02 Å². The van der Waals surface area contributed by atoms with Gasteiger partial charge in [-0.1, -0.05) is 30.3 Å². The second kappa shape index (κ2) is 6.50. The third kappa shape index (κ3) is 3.89. The molecule has 0 saturated carbocycles. The minimum Gasteiger partial charge on any atom is -0.435 e. The molecule has 0 amide bonds. The maximum atomic E-state index is 12.2. The quantitative estimate of drug-likeness (QED) is 0.583. The van der Waals surface area contributed by atoms with Crippen molar-refractivity contribution in [3.8, 4) is 5.75 Å². The largest absolute Gasteiger partial charge is 0.435 e. The Morgan fingerprint density at radius 1 is 1.00 bits per heavy atom. The molecular weight excluding hydrogens is 298 g/mol. The normalized spacial score (nSPS) is 10.5. The molecule has 0 N–H and O–H groups in total. The first kappa shape index (κ1) is 15.2. The van der Waals surface area contributed by atoms with E-state index in [0.717, 1.165) is 0 Å². The van der Waals surface area contributed by atoms with Crippen molar-refractivity contribution in [2.75, 3.05) is 0 Å². The average molecular weight is 309 g/mol. The van der Waals surface area contributed by atoms with Crippen LogP contribution >= 0.6 is 11.6 Å². The summed E-state index contributed by atoms with van der Waals surface area (Å²) in [6.07, 6.45) is 0. The van der Waals surface area contributed by atoms with Crippen LogP contribution in [-0.4, -0.2) is 12.4 Å². The van der Waals surface area contributed by atoms with E-state index in [1.807, 2.05) is 0 Å². The van der Waals surface area contributed by atoms with Gasteiger partial charge in [0.15, 0.2) is 5.78 Å². The summed E-state index contributed by atoms with van der Waals surface area (Å²) in [6, 6.07) is 12.2. The summed E-state index contributed by atoms with van der Waals surface area (Å²) < 4.78 is 28.3. The van der Waals surface area contributed by atoms with Gasteiger partial charge in [-0.15, -0.1) is 0 Å². The molecule has 21 heavy (non-hydrogen) atoms. The van der Waals surface area contributed by atoms with E-state index in [0.29, 0.717) is 21.7 Å². The van der Waals surface area contributed by atoms with Crippen LogP contribution in [0.25, 0.3) is 5.57 Å². The highest BCUT2D eigenvalue weighted by atomic mass is 35.5. The molecule has 108 valence electrons. The van der Waals surface area contributed by atoms with Crippen LogP contribution in [0.4, 0.5) is 8.78 Å². The Hall–Kier alpha value is -2.20. The number of ketones is 1. The van der Waals surface area contributed by atoms with Crippen molar-refractivity contribution in [2.45, 2.75) is 6.61 Å².